The number of aryl methyl sites for hydroxylation is 2. The molecule has 0 saturated carbocycles. The van der Waals surface area contributed by atoms with Gasteiger partial charge >= 0.3 is 0 Å². The van der Waals surface area contributed by atoms with Gasteiger partial charge in [0.05, 0.1) is 48.7 Å². The van der Waals surface area contributed by atoms with Crippen molar-refractivity contribution in [2.45, 2.75) is 18.4 Å². The van der Waals surface area contributed by atoms with Crippen LogP contribution in [0.25, 0.3) is 11.0 Å². The van der Waals surface area contributed by atoms with Gasteiger partial charge in [-0.2, -0.15) is 0 Å². The van der Waals surface area contributed by atoms with Crippen LogP contribution in [-0.2, 0) is 23.6 Å². The van der Waals surface area contributed by atoms with E-state index in [9.17, 15) is 8.42 Å². The molecule has 0 spiro atoms. The topological polar surface area (TPSA) is 73.7 Å². The van der Waals surface area contributed by atoms with E-state index in [4.69, 9.17) is 9.47 Å². The highest BCUT2D eigenvalue weighted by atomic mass is 32.2. The minimum atomic E-state index is -3.87. The summed E-state index contributed by atoms with van der Waals surface area (Å²) in [4.78, 5) is 4.61. The lowest BCUT2D eigenvalue weighted by molar-refractivity contribution is 0.352. The van der Waals surface area contributed by atoms with Gasteiger partial charge in [0.2, 0.25) is 0 Å². The van der Waals surface area contributed by atoms with Crippen molar-refractivity contribution in [1.29, 1.82) is 0 Å². The van der Waals surface area contributed by atoms with Crippen molar-refractivity contribution < 1.29 is 17.9 Å². The van der Waals surface area contributed by atoms with E-state index in [1.165, 1.54) is 4.31 Å². The van der Waals surface area contributed by atoms with E-state index in [0.717, 1.165) is 11.1 Å². The lowest BCUT2D eigenvalue weighted by Crippen LogP contribution is -2.30. The fraction of sp³-hybridized carbons (Fsp3) is 0.208. The molecule has 1 heterocycles. The molecule has 0 bridgehead atoms. The monoisotopic (exact) mass is 451 g/mol. The number of anilines is 1. The average Bonchev–Trinajstić information content (AvgIpc) is 3.17. The molecule has 166 valence electrons. The lowest BCUT2D eigenvalue weighted by atomic mass is 10.1. The summed E-state index contributed by atoms with van der Waals surface area (Å²) in [5, 5.41) is 0. The minimum Gasteiger partial charge on any atom is -0.493 e. The Kier molecular flexibility index (Phi) is 5.80. The van der Waals surface area contributed by atoms with Gasteiger partial charge in [0.15, 0.2) is 11.5 Å². The molecule has 4 rings (SSSR count). The molecule has 3 aromatic carbocycles. The van der Waals surface area contributed by atoms with Crippen LogP contribution in [0.4, 0.5) is 5.69 Å². The van der Waals surface area contributed by atoms with Gasteiger partial charge in [0.1, 0.15) is 0 Å². The van der Waals surface area contributed by atoms with E-state index in [1.54, 1.807) is 63.0 Å². The van der Waals surface area contributed by atoms with Gasteiger partial charge < -0.3 is 14.0 Å². The van der Waals surface area contributed by atoms with Gasteiger partial charge in [0, 0.05) is 12.6 Å². The number of ether oxygens (including phenoxy) is 2. The van der Waals surface area contributed by atoms with Gasteiger partial charge in [-0.15, -0.1) is 0 Å². The Balaban J connectivity index is 1.87. The number of rotatable bonds is 7. The molecular weight excluding hydrogens is 426 g/mol. The second-order valence-corrected chi connectivity index (χ2v) is 9.37. The molecule has 0 N–H and O–H groups in total. The van der Waals surface area contributed by atoms with Crippen LogP contribution >= 0.6 is 0 Å². The molecule has 0 saturated heterocycles. The molecule has 7 nitrogen and oxygen atoms in total. The standard InChI is InChI=1S/C24H25N3O4S/c1-17-8-11-20(12-9-17)32(28,29)27(15-18-6-5-7-23(30-3)24(18)31-4)19-10-13-22-21(14-19)25-16-26(22)2/h5-14,16H,15H2,1-4H3. The number of hydrogen-bond donors (Lipinski definition) is 0. The van der Waals surface area contributed by atoms with E-state index < -0.39 is 10.0 Å². The van der Waals surface area contributed by atoms with Crippen LogP contribution in [0.15, 0.2) is 71.9 Å². The zero-order valence-corrected chi connectivity index (χ0v) is 19.3. The van der Waals surface area contributed by atoms with Gasteiger partial charge in [-0.25, -0.2) is 13.4 Å². The van der Waals surface area contributed by atoms with Gasteiger partial charge in [-0.1, -0.05) is 29.8 Å². The number of benzene rings is 3. The smallest absolute Gasteiger partial charge is 0.264 e. The predicted octanol–water partition coefficient (Wildman–Crippen LogP) is 4.29. The quantitative estimate of drug-likeness (QED) is 0.419. The largest absolute Gasteiger partial charge is 0.493 e. The Morgan fingerprint density at radius 1 is 1.00 bits per heavy atom. The average molecular weight is 452 g/mol. The summed E-state index contributed by atoms with van der Waals surface area (Å²) in [7, 11) is 1.12. The predicted molar refractivity (Wildman–Crippen MR) is 125 cm³/mol. The first kappa shape index (κ1) is 21.7. The van der Waals surface area contributed by atoms with Crippen molar-refractivity contribution in [3.8, 4) is 11.5 Å². The second kappa shape index (κ2) is 8.55. The maximum atomic E-state index is 13.8. The fourth-order valence-corrected chi connectivity index (χ4v) is 5.10. The number of sulfonamides is 1. The van der Waals surface area contributed by atoms with Crippen LogP contribution in [0.5, 0.6) is 11.5 Å². The number of imidazole rings is 1. The number of hydrogen-bond acceptors (Lipinski definition) is 5. The summed E-state index contributed by atoms with van der Waals surface area (Å²) in [6, 6.07) is 17.7. The Morgan fingerprint density at radius 3 is 2.44 bits per heavy atom. The first-order valence-corrected chi connectivity index (χ1v) is 11.5. The molecule has 4 aromatic rings. The third-order valence-corrected chi connectivity index (χ3v) is 7.19. The highest BCUT2D eigenvalue weighted by molar-refractivity contribution is 7.92. The van der Waals surface area contributed by atoms with E-state index in [0.29, 0.717) is 28.3 Å². The molecular formula is C24H25N3O4S. The van der Waals surface area contributed by atoms with Crippen LogP contribution in [0.3, 0.4) is 0 Å². The molecule has 0 unspecified atom stereocenters. The zero-order valence-electron chi connectivity index (χ0n) is 18.4. The number of para-hydroxylation sites is 1. The van der Waals surface area contributed by atoms with E-state index in [2.05, 4.69) is 4.98 Å². The second-order valence-electron chi connectivity index (χ2n) is 7.51. The first-order chi connectivity index (χ1) is 15.3. The number of fused-ring (bicyclic) bond motifs is 1. The Morgan fingerprint density at radius 2 is 1.75 bits per heavy atom. The third-order valence-electron chi connectivity index (χ3n) is 5.40. The summed E-state index contributed by atoms with van der Waals surface area (Å²) in [5.41, 5.74) is 3.82. The zero-order chi connectivity index (χ0) is 22.9. The molecule has 0 aliphatic rings. The Hall–Kier alpha value is -3.52. The van der Waals surface area contributed by atoms with Crippen molar-refractivity contribution in [2.75, 3.05) is 18.5 Å². The minimum absolute atomic E-state index is 0.0644. The molecule has 0 aliphatic heterocycles. The van der Waals surface area contributed by atoms with E-state index in [1.807, 2.05) is 36.7 Å². The number of nitrogens with zero attached hydrogens (tertiary/aromatic N) is 3. The summed E-state index contributed by atoms with van der Waals surface area (Å²) in [6.45, 7) is 1.99. The Labute approximate surface area is 187 Å². The van der Waals surface area contributed by atoms with E-state index >= 15 is 0 Å². The maximum absolute atomic E-state index is 13.8. The maximum Gasteiger partial charge on any atom is 0.264 e. The van der Waals surface area contributed by atoms with Crippen LogP contribution < -0.4 is 13.8 Å². The van der Waals surface area contributed by atoms with Crippen molar-refractivity contribution in [3.63, 3.8) is 0 Å². The van der Waals surface area contributed by atoms with Gasteiger partial charge in [-0.3, -0.25) is 4.31 Å². The van der Waals surface area contributed by atoms with Crippen LogP contribution in [-0.4, -0.2) is 32.2 Å². The Bertz CT molecular complexity index is 1360. The lowest BCUT2D eigenvalue weighted by Gasteiger charge is -2.26. The van der Waals surface area contributed by atoms with Gasteiger partial charge in [0.25, 0.3) is 10.0 Å². The molecule has 0 aliphatic carbocycles. The van der Waals surface area contributed by atoms with E-state index in [-0.39, 0.29) is 11.4 Å². The van der Waals surface area contributed by atoms with Gasteiger partial charge in [-0.05, 0) is 43.3 Å². The summed E-state index contributed by atoms with van der Waals surface area (Å²) < 4.78 is 41.8. The van der Waals surface area contributed by atoms with Crippen molar-refractivity contribution in [1.82, 2.24) is 9.55 Å². The summed E-state index contributed by atoms with van der Waals surface area (Å²) in [6.07, 6.45) is 1.71. The highest BCUT2D eigenvalue weighted by Crippen LogP contribution is 2.35. The van der Waals surface area contributed by atoms with Crippen LogP contribution in [0.2, 0.25) is 0 Å². The molecule has 1 aromatic heterocycles. The number of aromatic nitrogens is 2. The van der Waals surface area contributed by atoms with Crippen molar-refractivity contribution >= 4 is 26.7 Å². The molecule has 0 fully saturated rings. The number of methoxy groups -OCH3 is 2. The molecule has 0 atom stereocenters. The first-order valence-electron chi connectivity index (χ1n) is 10.1. The molecule has 0 amide bonds. The SMILES string of the molecule is COc1cccc(CN(c2ccc3c(c2)ncn3C)S(=O)(=O)c2ccc(C)cc2)c1OC. The van der Waals surface area contributed by atoms with Crippen LogP contribution in [0.1, 0.15) is 11.1 Å². The molecule has 8 heteroatoms. The normalized spacial score (nSPS) is 11.5. The fourth-order valence-electron chi connectivity index (χ4n) is 3.67. The molecule has 0 radical (unpaired) electrons. The third kappa shape index (κ3) is 3.89. The highest BCUT2D eigenvalue weighted by Gasteiger charge is 2.27. The summed E-state index contributed by atoms with van der Waals surface area (Å²) in [5.74, 6) is 1.04. The summed E-state index contributed by atoms with van der Waals surface area (Å²) >= 11 is 0. The molecule has 32 heavy (non-hydrogen) atoms. The van der Waals surface area contributed by atoms with Crippen molar-refractivity contribution in [2.24, 2.45) is 7.05 Å². The van der Waals surface area contributed by atoms with Crippen LogP contribution in [0, 0.1) is 6.92 Å². The van der Waals surface area contributed by atoms with Crippen molar-refractivity contribution in [3.05, 3.63) is 78.1 Å².